The quantitative estimate of drug-likeness (QED) is 0.799. The smallest absolute Gasteiger partial charge is 0.258 e. The van der Waals surface area contributed by atoms with Crippen molar-refractivity contribution in [2.24, 2.45) is 0 Å². The molecule has 1 aliphatic heterocycles. The molecule has 1 amide bonds. The number of aromatic nitrogens is 2. The SMILES string of the molecule is CCOC(C)C(=O)N1CCN(Cc2cc(=O)n3ccsc3n2)CC1. The Morgan fingerprint density at radius 1 is 1.38 bits per heavy atom. The van der Waals surface area contributed by atoms with Crippen molar-refractivity contribution in [3.63, 3.8) is 0 Å². The van der Waals surface area contributed by atoms with Crippen LogP contribution < -0.4 is 5.56 Å². The first-order valence-corrected chi connectivity index (χ1v) is 9.05. The Balaban J connectivity index is 1.58. The molecule has 1 aliphatic rings. The highest BCUT2D eigenvalue weighted by atomic mass is 32.1. The number of thiazole rings is 1. The number of piperazine rings is 1. The third-order valence-electron chi connectivity index (χ3n) is 4.19. The van der Waals surface area contributed by atoms with E-state index in [1.807, 2.05) is 17.2 Å². The van der Waals surface area contributed by atoms with Crippen LogP contribution in [0, 0.1) is 0 Å². The highest BCUT2D eigenvalue weighted by Crippen LogP contribution is 2.11. The average molecular weight is 350 g/mol. The highest BCUT2D eigenvalue weighted by molar-refractivity contribution is 7.15. The van der Waals surface area contributed by atoms with E-state index in [9.17, 15) is 9.59 Å². The van der Waals surface area contributed by atoms with Crippen molar-refractivity contribution in [2.45, 2.75) is 26.5 Å². The van der Waals surface area contributed by atoms with Gasteiger partial charge in [-0.1, -0.05) is 0 Å². The van der Waals surface area contributed by atoms with Crippen LogP contribution in [0.4, 0.5) is 0 Å². The highest BCUT2D eigenvalue weighted by Gasteiger charge is 2.25. The van der Waals surface area contributed by atoms with Crippen LogP contribution >= 0.6 is 11.3 Å². The molecule has 3 heterocycles. The Labute approximate surface area is 144 Å². The molecule has 24 heavy (non-hydrogen) atoms. The summed E-state index contributed by atoms with van der Waals surface area (Å²) in [5.41, 5.74) is 0.737. The van der Waals surface area contributed by atoms with Gasteiger partial charge in [0.2, 0.25) is 0 Å². The molecule has 0 spiro atoms. The fourth-order valence-electron chi connectivity index (χ4n) is 2.90. The number of rotatable bonds is 5. The van der Waals surface area contributed by atoms with Gasteiger partial charge in [-0.05, 0) is 13.8 Å². The minimum Gasteiger partial charge on any atom is -0.369 e. The second-order valence-electron chi connectivity index (χ2n) is 5.84. The molecule has 130 valence electrons. The van der Waals surface area contributed by atoms with E-state index >= 15 is 0 Å². The molecule has 0 aromatic carbocycles. The summed E-state index contributed by atoms with van der Waals surface area (Å²) in [7, 11) is 0. The van der Waals surface area contributed by atoms with Crippen LogP contribution in [0.15, 0.2) is 22.4 Å². The van der Waals surface area contributed by atoms with E-state index < -0.39 is 0 Å². The van der Waals surface area contributed by atoms with E-state index in [4.69, 9.17) is 4.74 Å². The van der Waals surface area contributed by atoms with Crippen LogP contribution in [0.5, 0.6) is 0 Å². The molecule has 0 N–H and O–H groups in total. The second-order valence-corrected chi connectivity index (χ2v) is 6.71. The molecule has 2 aromatic rings. The number of hydrogen-bond donors (Lipinski definition) is 0. The van der Waals surface area contributed by atoms with E-state index in [1.54, 1.807) is 23.6 Å². The summed E-state index contributed by atoms with van der Waals surface area (Å²) in [4.78, 5) is 33.6. The molecule has 0 aliphatic carbocycles. The molecule has 7 nitrogen and oxygen atoms in total. The fraction of sp³-hybridized carbons (Fsp3) is 0.562. The number of amides is 1. The summed E-state index contributed by atoms with van der Waals surface area (Å²) >= 11 is 1.46. The van der Waals surface area contributed by atoms with Gasteiger partial charge in [0.1, 0.15) is 6.10 Å². The van der Waals surface area contributed by atoms with Crippen molar-refractivity contribution >= 4 is 22.2 Å². The van der Waals surface area contributed by atoms with Gasteiger partial charge in [0.25, 0.3) is 11.5 Å². The number of hydrogen-bond acceptors (Lipinski definition) is 6. The van der Waals surface area contributed by atoms with Crippen molar-refractivity contribution in [1.29, 1.82) is 0 Å². The van der Waals surface area contributed by atoms with Crippen molar-refractivity contribution in [2.75, 3.05) is 32.8 Å². The third kappa shape index (κ3) is 3.66. The van der Waals surface area contributed by atoms with Crippen LogP contribution in [-0.2, 0) is 16.1 Å². The van der Waals surface area contributed by atoms with Gasteiger partial charge in [0.05, 0.1) is 5.69 Å². The minimum absolute atomic E-state index is 0.0457. The number of ether oxygens (including phenoxy) is 1. The summed E-state index contributed by atoms with van der Waals surface area (Å²) < 4.78 is 6.93. The lowest BCUT2D eigenvalue weighted by molar-refractivity contribution is -0.144. The maximum Gasteiger partial charge on any atom is 0.258 e. The lowest BCUT2D eigenvalue weighted by Crippen LogP contribution is -2.51. The van der Waals surface area contributed by atoms with Crippen LogP contribution in [0.2, 0.25) is 0 Å². The van der Waals surface area contributed by atoms with Gasteiger partial charge in [-0.15, -0.1) is 11.3 Å². The zero-order valence-electron chi connectivity index (χ0n) is 14.0. The normalized spacial score (nSPS) is 17.3. The second kappa shape index (κ2) is 7.42. The average Bonchev–Trinajstić information content (AvgIpc) is 3.04. The van der Waals surface area contributed by atoms with Crippen molar-refractivity contribution in [3.05, 3.63) is 33.7 Å². The molecule has 1 fully saturated rings. The lowest BCUT2D eigenvalue weighted by atomic mass is 10.2. The monoisotopic (exact) mass is 350 g/mol. The Morgan fingerprint density at radius 3 is 2.83 bits per heavy atom. The van der Waals surface area contributed by atoms with E-state index in [1.165, 1.54) is 11.3 Å². The largest absolute Gasteiger partial charge is 0.369 e. The zero-order chi connectivity index (χ0) is 17.1. The minimum atomic E-state index is -0.385. The Hall–Kier alpha value is -1.77. The zero-order valence-corrected chi connectivity index (χ0v) is 14.8. The molecule has 1 saturated heterocycles. The first-order valence-electron chi connectivity index (χ1n) is 8.17. The standard InChI is InChI=1S/C16H22N4O3S/c1-3-23-12(2)15(22)19-6-4-18(5-7-19)11-13-10-14(21)20-8-9-24-16(20)17-13/h8-10,12H,3-7,11H2,1-2H3. The molecule has 3 rings (SSSR count). The number of carbonyl (C=O) groups excluding carboxylic acids is 1. The molecular formula is C16H22N4O3S. The topological polar surface area (TPSA) is 67.2 Å². The maximum atomic E-state index is 12.2. The van der Waals surface area contributed by atoms with Gasteiger partial charge in [0, 0.05) is 57.0 Å². The summed E-state index contributed by atoms with van der Waals surface area (Å²) in [6.07, 6.45) is 1.35. The van der Waals surface area contributed by atoms with E-state index in [2.05, 4.69) is 9.88 Å². The van der Waals surface area contributed by atoms with Crippen molar-refractivity contribution in [1.82, 2.24) is 19.2 Å². The predicted octanol–water partition coefficient (Wildman–Crippen LogP) is 0.825. The lowest BCUT2D eigenvalue weighted by Gasteiger charge is -2.35. The summed E-state index contributed by atoms with van der Waals surface area (Å²) in [5.74, 6) is 0.0490. The van der Waals surface area contributed by atoms with Gasteiger partial charge in [-0.25, -0.2) is 4.98 Å². The van der Waals surface area contributed by atoms with E-state index in [-0.39, 0.29) is 17.6 Å². The Morgan fingerprint density at radius 2 is 2.12 bits per heavy atom. The van der Waals surface area contributed by atoms with Gasteiger partial charge in [-0.2, -0.15) is 0 Å². The molecule has 2 aromatic heterocycles. The fourth-order valence-corrected chi connectivity index (χ4v) is 3.64. The van der Waals surface area contributed by atoms with Crippen LogP contribution in [0.1, 0.15) is 19.5 Å². The van der Waals surface area contributed by atoms with Crippen LogP contribution in [0.3, 0.4) is 0 Å². The number of nitrogens with zero attached hydrogens (tertiary/aromatic N) is 4. The van der Waals surface area contributed by atoms with Gasteiger partial charge < -0.3 is 9.64 Å². The number of carbonyl (C=O) groups is 1. The van der Waals surface area contributed by atoms with Crippen LogP contribution in [0.25, 0.3) is 4.96 Å². The van der Waals surface area contributed by atoms with Crippen molar-refractivity contribution in [3.8, 4) is 0 Å². The molecule has 0 saturated carbocycles. The first kappa shape index (κ1) is 17.1. The third-order valence-corrected chi connectivity index (χ3v) is 4.95. The molecule has 1 unspecified atom stereocenters. The predicted molar refractivity (Wildman–Crippen MR) is 92.3 cm³/mol. The molecule has 0 bridgehead atoms. The van der Waals surface area contributed by atoms with Gasteiger partial charge >= 0.3 is 0 Å². The van der Waals surface area contributed by atoms with Gasteiger partial charge in [0.15, 0.2) is 4.96 Å². The van der Waals surface area contributed by atoms with Crippen LogP contribution in [-0.4, -0.2) is 64.0 Å². The molecule has 1 atom stereocenters. The number of fused-ring (bicyclic) bond motifs is 1. The van der Waals surface area contributed by atoms with Crippen molar-refractivity contribution < 1.29 is 9.53 Å². The summed E-state index contributed by atoms with van der Waals surface area (Å²) in [5, 5.41) is 1.86. The van der Waals surface area contributed by atoms with E-state index in [0.29, 0.717) is 26.2 Å². The Kier molecular flexibility index (Phi) is 5.27. The summed E-state index contributed by atoms with van der Waals surface area (Å²) in [6, 6.07) is 1.59. The maximum absolute atomic E-state index is 12.2. The summed E-state index contributed by atoms with van der Waals surface area (Å²) in [6.45, 7) is 7.76. The molecular weight excluding hydrogens is 328 g/mol. The Bertz CT molecular complexity index is 764. The molecule has 0 radical (unpaired) electrons. The first-order chi connectivity index (χ1) is 11.6. The molecule has 8 heteroatoms. The van der Waals surface area contributed by atoms with Gasteiger partial charge in [-0.3, -0.25) is 18.9 Å². The van der Waals surface area contributed by atoms with E-state index in [0.717, 1.165) is 23.7 Å².